The van der Waals surface area contributed by atoms with Gasteiger partial charge < -0.3 is 14.5 Å². The number of fused-ring (bicyclic) bond motifs is 1. The summed E-state index contributed by atoms with van der Waals surface area (Å²) in [7, 11) is 1.69. The minimum absolute atomic E-state index is 0.0370. The Kier molecular flexibility index (Phi) is 5.00. The zero-order valence-corrected chi connectivity index (χ0v) is 14.0. The molecular weight excluding hydrogens is 306 g/mol. The third kappa shape index (κ3) is 3.51. The Labute approximate surface area is 141 Å². The number of pyridine rings is 1. The number of aromatic nitrogens is 3. The van der Waals surface area contributed by atoms with Crippen molar-refractivity contribution in [3.05, 3.63) is 47.4 Å². The van der Waals surface area contributed by atoms with Crippen LogP contribution in [0, 0.1) is 6.92 Å². The Bertz CT molecular complexity index is 707. The predicted molar refractivity (Wildman–Crippen MR) is 89.8 cm³/mol. The van der Waals surface area contributed by atoms with Gasteiger partial charge in [0.05, 0.1) is 24.6 Å². The second kappa shape index (κ2) is 7.35. The fraction of sp³-hybridized carbons (Fsp3) is 0.412. The molecule has 2 aromatic heterocycles. The van der Waals surface area contributed by atoms with Gasteiger partial charge in [0, 0.05) is 44.5 Å². The number of ether oxygens (including phenoxy) is 1. The Morgan fingerprint density at radius 2 is 2.12 bits per heavy atom. The smallest absolute Gasteiger partial charge is 0.255 e. The molecule has 1 amide bonds. The summed E-state index contributed by atoms with van der Waals surface area (Å²) in [6.07, 6.45) is 3.04. The molecule has 1 aliphatic heterocycles. The maximum absolute atomic E-state index is 12.7. The lowest BCUT2D eigenvalue weighted by molar-refractivity contribution is 0.0750. The lowest BCUT2D eigenvalue weighted by Gasteiger charge is -2.23. The monoisotopic (exact) mass is 327 g/mol. The molecule has 0 aromatic carbocycles. The van der Waals surface area contributed by atoms with Gasteiger partial charge in [0.15, 0.2) is 0 Å². The van der Waals surface area contributed by atoms with Crippen LogP contribution in [0.2, 0.25) is 0 Å². The number of hydrogen-bond acceptors (Lipinski definition) is 6. The summed E-state index contributed by atoms with van der Waals surface area (Å²) in [6.45, 7) is 5.23. The summed E-state index contributed by atoms with van der Waals surface area (Å²) in [4.78, 5) is 21.4. The van der Waals surface area contributed by atoms with Gasteiger partial charge in [-0.15, -0.1) is 0 Å². The van der Waals surface area contributed by atoms with Crippen LogP contribution >= 0.6 is 0 Å². The van der Waals surface area contributed by atoms with Gasteiger partial charge in [0.2, 0.25) is 0 Å². The van der Waals surface area contributed by atoms with E-state index in [1.165, 1.54) is 12.4 Å². The first-order chi connectivity index (χ1) is 11.7. The molecule has 0 fully saturated rings. The molecule has 0 spiro atoms. The Balaban J connectivity index is 1.87. The topological polar surface area (TPSA) is 71.5 Å². The van der Waals surface area contributed by atoms with Crippen LogP contribution in [0.15, 0.2) is 30.6 Å². The van der Waals surface area contributed by atoms with E-state index in [0.717, 1.165) is 30.2 Å². The molecule has 0 bridgehead atoms. The van der Waals surface area contributed by atoms with E-state index >= 15 is 0 Å². The molecule has 24 heavy (non-hydrogen) atoms. The number of methoxy groups -OCH3 is 1. The first-order valence-electron chi connectivity index (χ1n) is 7.95. The number of rotatable bonds is 4. The summed E-state index contributed by atoms with van der Waals surface area (Å²) >= 11 is 0. The second-order valence-electron chi connectivity index (χ2n) is 5.77. The van der Waals surface area contributed by atoms with E-state index < -0.39 is 0 Å². The van der Waals surface area contributed by atoms with Crippen LogP contribution in [0.4, 0.5) is 5.82 Å². The number of aryl methyl sites for hydroxylation is 1. The molecule has 3 rings (SSSR count). The summed E-state index contributed by atoms with van der Waals surface area (Å²) in [5.74, 6) is 0.903. The van der Waals surface area contributed by atoms with Gasteiger partial charge in [-0.1, -0.05) is 6.07 Å². The fourth-order valence-corrected chi connectivity index (χ4v) is 2.79. The van der Waals surface area contributed by atoms with Crippen LogP contribution < -0.4 is 4.90 Å². The molecule has 126 valence electrons. The van der Waals surface area contributed by atoms with Crippen molar-refractivity contribution in [1.29, 1.82) is 0 Å². The third-order valence-corrected chi connectivity index (χ3v) is 4.08. The summed E-state index contributed by atoms with van der Waals surface area (Å²) in [5, 5.41) is 7.53. The standard InChI is InChI=1S/C17H21N5O2/c1-13-3-4-15-12-22(17(23)14-5-6-18-19-11-14)8-7-21(9-10-24-2)16(15)20-13/h3-6,11H,7-10,12H2,1-2H3. The molecule has 0 radical (unpaired) electrons. The molecule has 0 saturated heterocycles. The quantitative estimate of drug-likeness (QED) is 0.843. The van der Waals surface area contributed by atoms with Gasteiger partial charge in [-0.2, -0.15) is 10.2 Å². The van der Waals surface area contributed by atoms with Gasteiger partial charge >= 0.3 is 0 Å². The number of nitrogens with zero attached hydrogens (tertiary/aromatic N) is 5. The van der Waals surface area contributed by atoms with E-state index in [1.54, 1.807) is 13.2 Å². The molecule has 0 unspecified atom stereocenters. The van der Waals surface area contributed by atoms with Crippen molar-refractivity contribution in [2.75, 3.05) is 38.3 Å². The van der Waals surface area contributed by atoms with Crippen LogP contribution in [-0.4, -0.2) is 59.3 Å². The van der Waals surface area contributed by atoms with E-state index in [0.29, 0.717) is 25.3 Å². The van der Waals surface area contributed by atoms with Gasteiger partial charge in [-0.05, 0) is 19.1 Å². The van der Waals surface area contributed by atoms with Crippen LogP contribution in [-0.2, 0) is 11.3 Å². The molecule has 2 aromatic rings. The molecule has 3 heterocycles. The fourth-order valence-electron chi connectivity index (χ4n) is 2.79. The maximum atomic E-state index is 12.7. The third-order valence-electron chi connectivity index (χ3n) is 4.08. The normalized spacial score (nSPS) is 14.2. The van der Waals surface area contributed by atoms with Crippen molar-refractivity contribution < 1.29 is 9.53 Å². The summed E-state index contributed by atoms with van der Waals surface area (Å²) < 4.78 is 5.21. The van der Waals surface area contributed by atoms with E-state index in [-0.39, 0.29) is 5.91 Å². The maximum Gasteiger partial charge on any atom is 0.255 e. The van der Waals surface area contributed by atoms with E-state index in [4.69, 9.17) is 4.74 Å². The molecule has 0 N–H and O–H groups in total. The molecular formula is C17H21N5O2. The molecule has 0 saturated carbocycles. The average Bonchev–Trinajstić information content (AvgIpc) is 2.79. The highest BCUT2D eigenvalue weighted by molar-refractivity contribution is 5.94. The van der Waals surface area contributed by atoms with Gasteiger partial charge in [0.1, 0.15) is 5.82 Å². The van der Waals surface area contributed by atoms with Crippen LogP contribution in [0.3, 0.4) is 0 Å². The zero-order chi connectivity index (χ0) is 16.9. The zero-order valence-electron chi connectivity index (χ0n) is 14.0. The Hall–Kier alpha value is -2.54. The Morgan fingerprint density at radius 3 is 2.88 bits per heavy atom. The lowest BCUT2D eigenvalue weighted by Crippen LogP contribution is -2.36. The first kappa shape index (κ1) is 16.3. The molecule has 7 heteroatoms. The molecule has 1 aliphatic rings. The highest BCUT2D eigenvalue weighted by Crippen LogP contribution is 2.24. The number of carbonyl (C=O) groups excluding carboxylic acids is 1. The largest absolute Gasteiger partial charge is 0.383 e. The van der Waals surface area contributed by atoms with E-state index in [1.807, 2.05) is 24.0 Å². The Morgan fingerprint density at radius 1 is 1.25 bits per heavy atom. The average molecular weight is 327 g/mol. The number of anilines is 1. The van der Waals surface area contributed by atoms with Crippen molar-refractivity contribution in [3.8, 4) is 0 Å². The number of amides is 1. The van der Waals surface area contributed by atoms with Gasteiger partial charge in [0.25, 0.3) is 5.91 Å². The second-order valence-corrected chi connectivity index (χ2v) is 5.77. The van der Waals surface area contributed by atoms with Crippen LogP contribution in [0.25, 0.3) is 0 Å². The van der Waals surface area contributed by atoms with Crippen molar-refractivity contribution in [2.24, 2.45) is 0 Å². The van der Waals surface area contributed by atoms with Crippen molar-refractivity contribution in [1.82, 2.24) is 20.1 Å². The minimum atomic E-state index is -0.0370. The van der Waals surface area contributed by atoms with Crippen molar-refractivity contribution in [3.63, 3.8) is 0 Å². The minimum Gasteiger partial charge on any atom is -0.383 e. The molecule has 0 atom stereocenters. The number of hydrogen-bond donors (Lipinski definition) is 0. The molecule has 0 aliphatic carbocycles. The highest BCUT2D eigenvalue weighted by Gasteiger charge is 2.24. The number of carbonyl (C=O) groups is 1. The highest BCUT2D eigenvalue weighted by atomic mass is 16.5. The van der Waals surface area contributed by atoms with E-state index in [2.05, 4.69) is 20.1 Å². The SMILES string of the molecule is COCCN1CCN(C(=O)c2ccnnc2)Cc2ccc(C)nc21. The summed E-state index contributed by atoms with van der Waals surface area (Å²) in [6, 6.07) is 5.72. The predicted octanol–water partition coefficient (Wildman–Crippen LogP) is 1.29. The molecule has 7 nitrogen and oxygen atoms in total. The van der Waals surface area contributed by atoms with Crippen molar-refractivity contribution in [2.45, 2.75) is 13.5 Å². The van der Waals surface area contributed by atoms with Crippen molar-refractivity contribution >= 4 is 11.7 Å². The first-order valence-corrected chi connectivity index (χ1v) is 7.95. The van der Waals surface area contributed by atoms with Gasteiger partial charge in [-0.25, -0.2) is 4.98 Å². The van der Waals surface area contributed by atoms with Crippen LogP contribution in [0.1, 0.15) is 21.6 Å². The lowest BCUT2D eigenvalue weighted by atomic mass is 10.2. The van der Waals surface area contributed by atoms with Gasteiger partial charge in [-0.3, -0.25) is 4.79 Å². The summed E-state index contributed by atoms with van der Waals surface area (Å²) in [5.41, 5.74) is 2.57. The van der Waals surface area contributed by atoms with Crippen LogP contribution in [0.5, 0.6) is 0 Å². The van der Waals surface area contributed by atoms with E-state index in [9.17, 15) is 4.79 Å².